The molecular weight excluding hydrogens is 185 g/mol. The van der Waals surface area contributed by atoms with E-state index in [-0.39, 0.29) is 18.5 Å². The summed E-state index contributed by atoms with van der Waals surface area (Å²) in [6, 6.07) is 5.55. The minimum absolute atomic E-state index is 0.0495. The summed E-state index contributed by atoms with van der Waals surface area (Å²) in [5.74, 6) is 0.289. The molecule has 0 fully saturated rings. The van der Waals surface area contributed by atoms with Crippen molar-refractivity contribution in [1.29, 1.82) is 0 Å². The Morgan fingerprint density at radius 3 is 2.57 bits per heavy atom. The van der Waals surface area contributed by atoms with Crippen molar-refractivity contribution in [2.24, 2.45) is 5.73 Å². The highest BCUT2D eigenvalue weighted by Crippen LogP contribution is 2.11. The molecule has 1 atom stereocenters. The molecule has 0 aliphatic heterocycles. The fourth-order valence-corrected chi connectivity index (χ4v) is 0.983. The quantitative estimate of drug-likeness (QED) is 0.741. The maximum absolute atomic E-state index is 12.5. The fraction of sp³-hybridized carbons (Fsp3) is 0.400. The van der Waals surface area contributed by atoms with Gasteiger partial charge in [-0.25, -0.2) is 4.39 Å². The summed E-state index contributed by atoms with van der Waals surface area (Å²) in [6.07, 6.45) is 0.501. The van der Waals surface area contributed by atoms with Crippen molar-refractivity contribution >= 4 is 0 Å². The molecule has 1 aromatic carbocycles. The van der Waals surface area contributed by atoms with Gasteiger partial charge in [-0.05, 0) is 30.7 Å². The minimum Gasteiger partial charge on any atom is -0.492 e. The van der Waals surface area contributed by atoms with Crippen molar-refractivity contribution in [3.63, 3.8) is 0 Å². The number of benzene rings is 1. The third kappa shape index (κ3) is 3.72. The molecule has 1 unspecified atom stereocenters. The zero-order valence-corrected chi connectivity index (χ0v) is 7.82. The van der Waals surface area contributed by atoms with Crippen LogP contribution in [0.2, 0.25) is 0 Å². The number of ether oxygens (including phenoxy) is 1. The predicted molar refractivity (Wildman–Crippen MR) is 51.6 cm³/mol. The third-order valence-electron chi connectivity index (χ3n) is 1.78. The molecule has 0 aliphatic carbocycles. The lowest BCUT2D eigenvalue weighted by Crippen LogP contribution is -2.28. The Hall–Kier alpha value is -1.13. The zero-order valence-electron chi connectivity index (χ0n) is 7.82. The Bertz CT molecular complexity index is 263. The maximum Gasteiger partial charge on any atom is 0.123 e. The number of aliphatic hydroxyl groups excluding tert-OH is 1. The third-order valence-corrected chi connectivity index (χ3v) is 1.78. The van der Waals surface area contributed by atoms with Crippen LogP contribution >= 0.6 is 0 Å². The second kappa shape index (κ2) is 5.57. The van der Waals surface area contributed by atoms with Crippen LogP contribution in [0.1, 0.15) is 6.42 Å². The molecular formula is C10H14FNO2. The van der Waals surface area contributed by atoms with Gasteiger partial charge in [0.15, 0.2) is 0 Å². The lowest BCUT2D eigenvalue weighted by atomic mass is 10.2. The first-order valence-corrected chi connectivity index (χ1v) is 4.47. The van der Waals surface area contributed by atoms with Crippen LogP contribution in [0, 0.1) is 5.82 Å². The van der Waals surface area contributed by atoms with E-state index in [0.29, 0.717) is 18.8 Å². The van der Waals surface area contributed by atoms with Gasteiger partial charge in [0.1, 0.15) is 18.2 Å². The molecule has 0 saturated carbocycles. The first-order chi connectivity index (χ1) is 6.72. The molecule has 0 amide bonds. The van der Waals surface area contributed by atoms with Crippen molar-refractivity contribution < 1.29 is 14.2 Å². The van der Waals surface area contributed by atoms with Crippen LogP contribution in [0.4, 0.5) is 4.39 Å². The molecule has 0 aliphatic rings. The summed E-state index contributed by atoms with van der Waals surface area (Å²) >= 11 is 0. The van der Waals surface area contributed by atoms with Crippen LogP contribution in [0.3, 0.4) is 0 Å². The second-order valence-corrected chi connectivity index (χ2v) is 3.04. The van der Waals surface area contributed by atoms with E-state index < -0.39 is 0 Å². The van der Waals surface area contributed by atoms with Gasteiger partial charge in [-0.15, -0.1) is 0 Å². The van der Waals surface area contributed by atoms with Crippen LogP contribution in [-0.4, -0.2) is 24.4 Å². The largest absolute Gasteiger partial charge is 0.492 e. The average Bonchev–Trinajstić information content (AvgIpc) is 2.17. The minimum atomic E-state index is -0.294. The molecule has 0 spiro atoms. The first-order valence-electron chi connectivity index (χ1n) is 4.47. The molecule has 1 aromatic rings. The van der Waals surface area contributed by atoms with Crippen LogP contribution in [0.5, 0.6) is 5.75 Å². The molecule has 0 bridgehead atoms. The van der Waals surface area contributed by atoms with Crippen LogP contribution in [0.25, 0.3) is 0 Å². The van der Waals surface area contributed by atoms with E-state index in [0.717, 1.165) is 0 Å². The van der Waals surface area contributed by atoms with Gasteiger partial charge < -0.3 is 15.6 Å². The van der Waals surface area contributed by atoms with Gasteiger partial charge >= 0.3 is 0 Å². The summed E-state index contributed by atoms with van der Waals surface area (Å²) in [6.45, 7) is 0.375. The van der Waals surface area contributed by atoms with Crippen LogP contribution in [-0.2, 0) is 0 Å². The second-order valence-electron chi connectivity index (χ2n) is 3.04. The van der Waals surface area contributed by atoms with E-state index in [1.807, 2.05) is 0 Å². The van der Waals surface area contributed by atoms with Gasteiger partial charge in [0.25, 0.3) is 0 Å². The Morgan fingerprint density at radius 2 is 2.00 bits per heavy atom. The topological polar surface area (TPSA) is 55.5 Å². The highest BCUT2D eigenvalue weighted by atomic mass is 19.1. The van der Waals surface area contributed by atoms with E-state index in [4.69, 9.17) is 15.6 Å². The Labute approximate surface area is 82.3 Å². The molecule has 78 valence electrons. The lowest BCUT2D eigenvalue weighted by molar-refractivity contribution is 0.233. The standard InChI is InChI=1S/C10H14FNO2/c11-8-1-3-10(4-2-8)14-7-9(12)5-6-13/h1-4,9,13H,5-7,12H2. The average molecular weight is 199 g/mol. The van der Waals surface area contributed by atoms with Crippen molar-refractivity contribution in [1.82, 2.24) is 0 Å². The Morgan fingerprint density at radius 1 is 1.36 bits per heavy atom. The molecule has 3 N–H and O–H groups in total. The van der Waals surface area contributed by atoms with E-state index in [1.54, 1.807) is 12.1 Å². The van der Waals surface area contributed by atoms with E-state index in [1.165, 1.54) is 12.1 Å². The van der Waals surface area contributed by atoms with E-state index in [9.17, 15) is 4.39 Å². The van der Waals surface area contributed by atoms with Crippen LogP contribution in [0.15, 0.2) is 24.3 Å². The molecule has 0 aromatic heterocycles. The van der Waals surface area contributed by atoms with Gasteiger partial charge in [0, 0.05) is 12.6 Å². The number of nitrogens with two attached hydrogens (primary N) is 1. The van der Waals surface area contributed by atoms with E-state index in [2.05, 4.69) is 0 Å². The molecule has 0 radical (unpaired) electrons. The molecule has 14 heavy (non-hydrogen) atoms. The Balaban J connectivity index is 2.34. The van der Waals surface area contributed by atoms with E-state index >= 15 is 0 Å². The molecule has 4 heteroatoms. The van der Waals surface area contributed by atoms with Gasteiger partial charge in [-0.2, -0.15) is 0 Å². The van der Waals surface area contributed by atoms with Crippen molar-refractivity contribution in [3.05, 3.63) is 30.1 Å². The number of hydrogen-bond acceptors (Lipinski definition) is 3. The van der Waals surface area contributed by atoms with Crippen molar-refractivity contribution in [3.8, 4) is 5.75 Å². The summed E-state index contributed by atoms with van der Waals surface area (Å²) in [7, 11) is 0. The molecule has 3 nitrogen and oxygen atoms in total. The van der Waals surface area contributed by atoms with Gasteiger partial charge in [0.2, 0.25) is 0 Å². The molecule has 0 heterocycles. The highest BCUT2D eigenvalue weighted by Gasteiger charge is 2.02. The highest BCUT2D eigenvalue weighted by molar-refractivity contribution is 5.22. The normalized spacial score (nSPS) is 12.5. The number of rotatable bonds is 5. The predicted octanol–water partition coefficient (Wildman–Crippen LogP) is 0.914. The fourth-order valence-electron chi connectivity index (χ4n) is 0.983. The maximum atomic E-state index is 12.5. The monoisotopic (exact) mass is 199 g/mol. The first kappa shape index (κ1) is 10.9. The summed E-state index contributed by atoms with van der Waals surface area (Å²) < 4.78 is 17.8. The molecule has 0 saturated heterocycles. The summed E-state index contributed by atoms with van der Waals surface area (Å²) in [5, 5.41) is 8.59. The van der Waals surface area contributed by atoms with Gasteiger partial charge in [-0.1, -0.05) is 0 Å². The summed E-state index contributed by atoms with van der Waals surface area (Å²) in [5.41, 5.74) is 5.60. The van der Waals surface area contributed by atoms with Crippen LogP contribution < -0.4 is 10.5 Å². The van der Waals surface area contributed by atoms with Gasteiger partial charge in [0.05, 0.1) is 0 Å². The smallest absolute Gasteiger partial charge is 0.123 e. The lowest BCUT2D eigenvalue weighted by Gasteiger charge is -2.11. The van der Waals surface area contributed by atoms with Crippen molar-refractivity contribution in [2.45, 2.75) is 12.5 Å². The number of hydrogen-bond donors (Lipinski definition) is 2. The summed E-state index contributed by atoms with van der Waals surface area (Å²) in [4.78, 5) is 0. The number of aliphatic hydroxyl groups is 1. The Kier molecular flexibility index (Phi) is 4.35. The van der Waals surface area contributed by atoms with Crippen molar-refractivity contribution in [2.75, 3.05) is 13.2 Å². The zero-order chi connectivity index (χ0) is 10.4. The van der Waals surface area contributed by atoms with Gasteiger partial charge in [-0.3, -0.25) is 0 Å². The number of halogens is 1. The molecule has 1 rings (SSSR count). The SMILES string of the molecule is NC(CCO)COc1ccc(F)cc1.